The van der Waals surface area contributed by atoms with E-state index in [2.05, 4.69) is 25.5 Å². The van der Waals surface area contributed by atoms with Gasteiger partial charge in [-0.3, -0.25) is 33.9 Å². The van der Waals surface area contributed by atoms with Gasteiger partial charge in [0, 0.05) is 23.9 Å². The van der Waals surface area contributed by atoms with Crippen molar-refractivity contribution in [2.24, 2.45) is 12.2 Å². The van der Waals surface area contributed by atoms with Crippen LogP contribution in [0, 0.1) is 0 Å². The van der Waals surface area contributed by atoms with E-state index in [-0.39, 0.29) is 44.4 Å². The number of thiazole rings is 1. The van der Waals surface area contributed by atoms with Crippen LogP contribution in [0.4, 0.5) is 5.13 Å². The number of hydrogen-bond acceptors (Lipinski definition) is 13. The Kier molecular flexibility index (Phi) is 8.41. The Morgan fingerprint density at radius 1 is 1.38 bits per heavy atom. The molecule has 16 nitrogen and oxygen atoms in total. The molecule has 0 unspecified atom stereocenters. The lowest BCUT2D eigenvalue weighted by atomic mass is 10.0. The molecule has 2 aliphatic rings. The van der Waals surface area contributed by atoms with E-state index in [1.807, 2.05) is 0 Å². The highest BCUT2D eigenvalue weighted by Crippen LogP contribution is 2.41. The van der Waals surface area contributed by atoms with Crippen LogP contribution in [-0.2, 0) is 26.3 Å². The van der Waals surface area contributed by atoms with Crippen LogP contribution in [0.1, 0.15) is 5.69 Å². The monoisotopic (exact) mass is 572 g/mol. The van der Waals surface area contributed by atoms with Crippen molar-refractivity contribution in [2.45, 2.75) is 16.6 Å². The van der Waals surface area contributed by atoms with E-state index in [0.29, 0.717) is 5.57 Å². The summed E-state index contributed by atoms with van der Waals surface area (Å²) in [5.41, 5.74) is 4.00. The molecule has 37 heavy (non-hydrogen) atoms. The molecule has 19 heteroatoms. The Balaban J connectivity index is 0.00000380. The lowest BCUT2D eigenvalue weighted by molar-refractivity contribution is -0.150. The third-order valence-corrected chi connectivity index (χ3v) is 8.15. The maximum Gasteiger partial charge on any atom is 0.352 e. The minimum Gasteiger partial charge on any atom is -0.477 e. The molecule has 2 atom stereocenters. The van der Waals surface area contributed by atoms with Gasteiger partial charge in [-0.15, -0.1) is 23.1 Å². The van der Waals surface area contributed by atoms with Crippen molar-refractivity contribution < 1.29 is 29.8 Å². The van der Waals surface area contributed by atoms with Crippen LogP contribution in [0.2, 0.25) is 0 Å². The molecule has 0 spiro atoms. The first kappa shape index (κ1) is 27.9. The molecule has 2 aromatic heterocycles. The number of nitrogens with two attached hydrogens (primary N) is 1. The van der Waals surface area contributed by atoms with Crippen molar-refractivity contribution in [3.8, 4) is 0 Å². The highest BCUT2D eigenvalue weighted by Gasteiger charge is 2.54. The van der Waals surface area contributed by atoms with Crippen LogP contribution in [0.25, 0.3) is 0 Å². The van der Waals surface area contributed by atoms with Crippen molar-refractivity contribution >= 4 is 63.5 Å². The smallest absolute Gasteiger partial charge is 0.352 e. The molecular formula is C18H20N8O8S3. The molecule has 4 heterocycles. The van der Waals surface area contributed by atoms with Crippen LogP contribution >= 0.6 is 34.9 Å². The zero-order valence-electron chi connectivity index (χ0n) is 19.1. The number of carbonyl (C=O) groups excluding carboxylic acids is 2. The van der Waals surface area contributed by atoms with Crippen LogP contribution in [0.15, 0.2) is 36.6 Å². The number of H-pyrrole nitrogens is 1. The van der Waals surface area contributed by atoms with Crippen molar-refractivity contribution in [2.75, 3.05) is 24.3 Å². The Bertz CT molecular complexity index is 1430. The summed E-state index contributed by atoms with van der Waals surface area (Å²) in [7, 11) is 2.74. The second-order valence-electron chi connectivity index (χ2n) is 7.30. The standard InChI is InChI=1S/C18H18N8O7S3.H2O/c1-25-18(22-12(28)13(29)23-25)36-4-6-3-34-15-9(14(30)26(15)10(6)16(31)32)21-11(27)8(24-33-2)7-5-35-17(19)20-7;/h5,9,15H,3-4H2,1-2H3,(H2,19,20)(H,21,27)(H,23,29)(H,31,32);1H2/b24-8-;/t9-,15-;/m1./s1. The minimum atomic E-state index is -1.31. The van der Waals surface area contributed by atoms with Gasteiger partial charge in [0.25, 0.3) is 11.8 Å². The lowest BCUT2D eigenvalue weighted by Crippen LogP contribution is -2.71. The third-order valence-electron chi connectivity index (χ3n) is 5.02. The van der Waals surface area contributed by atoms with Crippen LogP contribution in [0.3, 0.4) is 0 Å². The second kappa shape index (κ2) is 11.2. The number of aliphatic carboxylic acids is 1. The van der Waals surface area contributed by atoms with E-state index in [1.54, 1.807) is 0 Å². The molecule has 0 aliphatic carbocycles. The largest absolute Gasteiger partial charge is 0.477 e. The van der Waals surface area contributed by atoms with E-state index in [4.69, 9.17) is 10.6 Å². The molecule has 0 saturated carbocycles. The topological polar surface area (TPSA) is 246 Å². The third kappa shape index (κ3) is 5.38. The van der Waals surface area contributed by atoms with E-state index in [0.717, 1.165) is 28.0 Å². The summed E-state index contributed by atoms with van der Waals surface area (Å²) in [5.74, 6) is -2.30. The van der Waals surface area contributed by atoms with Crippen molar-refractivity contribution in [1.29, 1.82) is 0 Å². The summed E-state index contributed by atoms with van der Waals surface area (Å²) >= 11 is 3.41. The number of nitrogens with one attached hydrogen (secondary N) is 2. The zero-order chi connectivity index (χ0) is 26.1. The number of nitrogen functional groups attached to an aromatic ring is 1. The molecule has 7 N–H and O–H groups in total. The molecule has 2 aromatic rings. The molecule has 1 fully saturated rings. The number of aromatic nitrogens is 4. The number of carboxylic acid groups (broad SMARTS) is 1. The van der Waals surface area contributed by atoms with E-state index < -0.39 is 40.3 Å². The number of aryl methyl sites for hydroxylation is 1. The fourth-order valence-electron chi connectivity index (χ4n) is 3.44. The number of hydrogen-bond donors (Lipinski definition) is 4. The lowest BCUT2D eigenvalue weighted by Gasteiger charge is -2.49. The molecule has 4 rings (SSSR count). The molecule has 198 valence electrons. The number of aromatic amines is 1. The van der Waals surface area contributed by atoms with Gasteiger partial charge in [-0.25, -0.2) is 9.78 Å². The number of carboxylic acids is 1. The number of amides is 2. The second-order valence-corrected chi connectivity index (χ2v) is 10.2. The summed E-state index contributed by atoms with van der Waals surface area (Å²) < 4.78 is 1.25. The van der Waals surface area contributed by atoms with Gasteiger partial charge in [0.2, 0.25) is 0 Å². The van der Waals surface area contributed by atoms with Gasteiger partial charge in [0.05, 0.1) is 0 Å². The quantitative estimate of drug-likeness (QED) is 0.0847. The van der Waals surface area contributed by atoms with Crippen molar-refractivity contribution in [3.63, 3.8) is 0 Å². The van der Waals surface area contributed by atoms with E-state index in [9.17, 15) is 29.1 Å². The number of β-lactam (4-membered cyclic amide) rings is 1. The average Bonchev–Trinajstić information content (AvgIpc) is 3.27. The number of fused-ring (bicyclic) bond motifs is 1. The number of rotatable bonds is 8. The van der Waals surface area contributed by atoms with Gasteiger partial charge in [-0.05, 0) is 5.57 Å². The summed E-state index contributed by atoms with van der Waals surface area (Å²) in [6.45, 7) is 0. The normalized spacial score (nSPS) is 19.0. The maximum absolute atomic E-state index is 12.9. The van der Waals surface area contributed by atoms with Crippen LogP contribution < -0.4 is 22.2 Å². The maximum atomic E-state index is 12.9. The number of nitrogens with zero attached hydrogens (tertiary/aromatic N) is 5. The molecular weight excluding hydrogens is 552 g/mol. The first-order valence-corrected chi connectivity index (χ1v) is 12.9. The summed E-state index contributed by atoms with van der Waals surface area (Å²) in [6.07, 6.45) is 0. The minimum absolute atomic E-state index is 0. The van der Waals surface area contributed by atoms with Gasteiger partial charge in [-0.1, -0.05) is 16.9 Å². The van der Waals surface area contributed by atoms with Gasteiger partial charge < -0.3 is 26.5 Å². The summed E-state index contributed by atoms with van der Waals surface area (Å²) in [6, 6.07) is -0.995. The average molecular weight is 573 g/mol. The fourth-order valence-corrected chi connectivity index (χ4v) is 6.39. The summed E-state index contributed by atoms with van der Waals surface area (Å²) in [4.78, 5) is 74.3. The Hall–Kier alpha value is -3.68. The molecule has 0 radical (unpaired) electrons. The molecule has 1 saturated heterocycles. The highest BCUT2D eigenvalue weighted by atomic mass is 32.2. The zero-order valence-corrected chi connectivity index (χ0v) is 21.5. The van der Waals surface area contributed by atoms with Crippen LogP contribution in [0.5, 0.6) is 0 Å². The van der Waals surface area contributed by atoms with Gasteiger partial charge in [0.15, 0.2) is 16.0 Å². The van der Waals surface area contributed by atoms with Gasteiger partial charge in [-0.2, -0.15) is 4.98 Å². The Morgan fingerprint density at radius 2 is 2.11 bits per heavy atom. The van der Waals surface area contributed by atoms with Crippen molar-refractivity contribution in [3.05, 3.63) is 43.1 Å². The molecule has 2 aliphatic heterocycles. The number of anilines is 1. The summed E-state index contributed by atoms with van der Waals surface area (Å²) in [5, 5.41) is 19.6. The van der Waals surface area contributed by atoms with E-state index in [1.165, 1.54) is 36.0 Å². The number of carbonyl (C=O) groups is 3. The predicted octanol–water partition coefficient (Wildman–Crippen LogP) is -2.44. The first-order valence-electron chi connectivity index (χ1n) is 9.96. The molecule has 0 aromatic carbocycles. The SMILES string of the molecule is CO/N=C(\C(=O)N[C@@H]1C(=O)N2C(C(=O)O)=C(CSc3nc(=O)c(=O)[nH]n3C)CS[C@H]12)c1csc(N)n1.O. The van der Waals surface area contributed by atoms with Crippen molar-refractivity contribution in [1.82, 2.24) is 30.0 Å². The number of thioether (sulfide) groups is 2. The Labute approximate surface area is 219 Å². The fraction of sp³-hybridized carbons (Fsp3) is 0.333. The number of oxime groups is 1. The predicted molar refractivity (Wildman–Crippen MR) is 134 cm³/mol. The first-order chi connectivity index (χ1) is 17.1. The van der Waals surface area contributed by atoms with Gasteiger partial charge in [0.1, 0.15) is 29.9 Å². The van der Waals surface area contributed by atoms with Gasteiger partial charge >= 0.3 is 17.1 Å². The molecule has 2 amide bonds. The Morgan fingerprint density at radius 3 is 2.73 bits per heavy atom. The highest BCUT2D eigenvalue weighted by molar-refractivity contribution is 8.01. The van der Waals surface area contributed by atoms with E-state index >= 15 is 0 Å². The van der Waals surface area contributed by atoms with Crippen LogP contribution in [-0.4, -0.2) is 88.8 Å². The molecule has 0 bridgehead atoms.